The predicted octanol–water partition coefficient (Wildman–Crippen LogP) is 2.39. The average Bonchev–Trinajstić information content (AvgIpc) is 2.98. The van der Waals surface area contributed by atoms with Gasteiger partial charge in [0, 0.05) is 18.2 Å². The Morgan fingerprint density at radius 3 is 2.89 bits per heavy atom. The van der Waals surface area contributed by atoms with Crippen molar-refractivity contribution in [3.8, 4) is 11.5 Å². The molecule has 0 saturated carbocycles. The quantitative estimate of drug-likeness (QED) is 0.860. The molecule has 0 radical (unpaired) electrons. The van der Waals surface area contributed by atoms with Crippen molar-refractivity contribution in [3.63, 3.8) is 0 Å². The zero-order valence-electron chi connectivity index (χ0n) is 10.9. The van der Waals surface area contributed by atoms with Gasteiger partial charge in [-0.25, -0.2) is 4.79 Å². The molecule has 1 aromatic rings. The number of benzene rings is 1. The van der Waals surface area contributed by atoms with E-state index in [1.54, 1.807) is 24.6 Å². The summed E-state index contributed by atoms with van der Waals surface area (Å²) in [4.78, 5) is 11.8. The summed E-state index contributed by atoms with van der Waals surface area (Å²) < 4.78 is 12.1. The van der Waals surface area contributed by atoms with Gasteiger partial charge < -0.3 is 14.8 Å². The number of amides is 2. The minimum Gasteiger partial charge on any atom is -0.497 e. The van der Waals surface area contributed by atoms with Gasteiger partial charge in [-0.05, 0) is 29.5 Å². The number of hydrogen-bond acceptors (Lipinski definition) is 4. The Kier molecular flexibility index (Phi) is 4.57. The van der Waals surface area contributed by atoms with Crippen molar-refractivity contribution in [2.24, 2.45) is 0 Å². The van der Waals surface area contributed by atoms with Gasteiger partial charge in [-0.3, -0.25) is 4.31 Å². The first kappa shape index (κ1) is 13.6. The van der Waals surface area contributed by atoms with Gasteiger partial charge in [-0.15, -0.1) is 0 Å². The Labute approximate surface area is 116 Å². The number of hydrogen-bond donors (Lipinski definition) is 1. The number of carbonyl (C=O) groups excluding carboxylic acids is 1. The van der Waals surface area contributed by atoms with E-state index in [1.807, 2.05) is 23.6 Å². The lowest BCUT2D eigenvalue weighted by Gasteiger charge is -2.16. The molecule has 1 aliphatic heterocycles. The van der Waals surface area contributed by atoms with Crippen LogP contribution in [0.15, 0.2) is 29.7 Å². The largest absolute Gasteiger partial charge is 0.497 e. The SMILES string of the molecule is COc1ccc(CNC(=O)N2CC=CS2)c(OC)c1. The summed E-state index contributed by atoms with van der Waals surface area (Å²) in [5.74, 6) is 1.43. The lowest BCUT2D eigenvalue weighted by molar-refractivity contribution is 0.228. The van der Waals surface area contributed by atoms with Crippen LogP contribution < -0.4 is 14.8 Å². The molecule has 0 aromatic heterocycles. The Balaban J connectivity index is 1.96. The summed E-state index contributed by atoms with van der Waals surface area (Å²) in [6.07, 6.45) is 1.94. The smallest absolute Gasteiger partial charge is 0.328 e. The van der Waals surface area contributed by atoms with E-state index in [0.717, 1.165) is 11.3 Å². The van der Waals surface area contributed by atoms with Crippen molar-refractivity contribution < 1.29 is 14.3 Å². The molecule has 1 aliphatic rings. The van der Waals surface area contributed by atoms with E-state index in [0.29, 0.717) is 18.8 Å². The lowest BCUT2D eigenvalue weighted by atomic mass is 10.2. The molecule has 2 rings (SSSR count). The average molecular weight is 280 g/mol. The number of nitrogens with one attached hydrogen (secondary N) is 1. The van der Waals surface area contributed by atoms with Crippen LogP contribution in [0.5, 0.6) is 11.5 Å². The Morgan fingerprint density at radius 2 is 2.26 bits per heavy atom. The van der Waals surface area contributed by atoms with Gasteiger partial charge in [0.05, 0.1) is 20.8 Å². The first-order chi connectivity index (χ1) is 9.24. The monoisotopic (exact) mass is 280 g/mol. The molecular weight excluding hydrogens is 264 g/mol. The third kappa shape index (κ3) is 3.35. The summed E-state index contributed by atoms with van der Waals surface area (Å²) in [5, 5.41) is 4.75. The third-order valence-electron chi connectivity index (χ3n) is 2.71. The first-order valence-electron chi connectivity index (χ1n) is 5.82. The molecule has 5 nitrogen and oxygen atoms in total. The van der Waals surface area contributed by atoms with Gasteiger partial charge in [-0.1, -0.05) is 6.08 Å². The number of rotatable bonds is 4. The molecule has 2 amide bonds. The maximum Gasteiger partial charge on any atom is 0.328 e. The topological polar surface area (TPSA) is 50.8 Å². The van der Waals surface area contributed by atoms with Gasteiger partial charge in [0.25, 0.3) is 0 Å². The van der Waals surface area contributed by atoms with Crippen molar-refractivity contribution >= 4 is 18.0 Å². The van der Waals surface area contributed by atoms with Crippen LogP contribution in [0.4, 0.5) is 4.79 Å². The van der Waals surface area contributed by atoms with Crippen molar-refractivity contribution in [2.75, 3.05) is 20.8 Å². The predicted molar refractivity (Wildman–Crippen MR) is 75.2 cm³/mol. The highest BCUT2D eigenvalue weighted by Crippen LogP contribution is 2.24. The van der Waals surface area contributed by atoms with Gasteiger partial charge >= 0.3 is 6.03 Å². The normalized spacial score (nSPS) is 13.5. The van der Waals surface area contributed by atoms with Crippen LogP contribution in [0.25, 0.3) is 0 Å². The van der Waals surface area contributed by atoms with E-state index in [-0.39, 0.29) is 6.03 Å². The second-order valence-electron chi connectivity index (χ2n) is 3.87. The van der Waals surface area contributed by atoms with E-state index >= 15 is 0 Å². The lowest BCUT2D eigenvalue weighted by Crippen LogP contribution is -2.33. The molecule has 0 aliphatic carbocycles. The summed E-state index contributed by atoms with van der Waals surface area (Å²) in [5.41, 5.74) is 0.911. The van der Waals surface area contributed by atoms with Gasteiger partial charge in [-0.2, -0.15) is 0 Å². The number of urea groups is 1. The molecule has 6 heteroatoms. The summed E-state index contributed by atoms with van der Waals surface area (Å²) in [7, 11) is 3.20. The first-order valence-corrected chi connectivity index (χ1v) is 6.66. The molecule has 1 N–H and O–H groups in total. The van der Waals surface area contributed by atoms with Crippen molar-refractivity contribution in [1.29, 1.82) is 0 Å². The van der Waals surface area contributed by atoms with Crippen LogP contribution in [0.2, 0.25) is 0 Å². The van der Waals surface area contributed by atoms with Crippen molar-refractivity contribution in [1.82, 2.24) is 9.62 Å². The maximum absolute atomic E-state index is 11.8. The number of ether oxygens (including phenoxy) is 2. The molecule has 0 atom stereocenters. The number of carbonyl (C=O) groups is 1. The molecule has 1 heterocycles. The van der Waals surface area contributed by atoms with E-state index in [9.17, 15) is 4.79 Å². The van der Waals surface area contributed by atoms with Crippen LogP contribution in [-0.2, 0) is 6.54 Å². The van der Waals surface area contributed by atoms with Crippen molar-refractivity contribution in [2.45, 2.75) is 6.54 Å². The molecule has 0 unspecified atom stereocenters. The molecular formula is C13H16N2O3S. The van der Waals surface area contributed by atoms with Gasteiger partial charge in [0.2, 0.25) is 0 Å². The summed E-state index contributed by atoms with van der Waals surface area (Å²) >= 11 is 1.39. The molecule has 1 aromatic carbocycles. The Bertz CT molecular complexity index is 483. The fourth-order valence-electron chi connectivity index (χ4n) is 1.69. The fourth-order valence-corrected chi connectivity index (χ4v) is 2.34. The summed E-state index contributed by atoms with van der Waals surface area (Å²) in [6, 6.07) is 5.42. The van der Waals surface area contributed by atoms with Crippen LogP contribution >= 0.6 is 11.9 Å². The highest BCUT2D eigenvalue weighted by Gasteiger charge is 2.15. The van der Waals surface area contributed by atoms with Crippen LogP contribution in [0.3, 0.4) is 0 Å². The molecule has 0 fully saturated rings. The Hall–Kier alpha value is -1.82. The molecule has 19 heavy (non-hydrogen) atoms. The van der Waals surface area contributed by atoms with E-state index in [2.05, 4.69) is 5.32 Å². The highest BCUT2D eigenvalue weighted by molar-refractivity contribution is 8.00. The zero-order chi connectivity index (χ0) is 13.7. The minimum atomic E-state index is -0.104. The van der Waals surface area contributed by atoms with Crippen molar-refractivity contribution in [3.05, 3.63) is 35.2 Å². The van der Waals surface area contributed by atoms with Gasteiger partial charge in [0.1, 0.15) is 11.5 Å². The number of methoxy groups -OCH3 is 2. The van der Waals surface area contributed by atoms with E-state index in [4.69, 9.17) is 9.47 Å². The zero-order valence-corrected chi connectivity index (χ0v) is 11.7. The second kappa shape index (κ2) is 6.38. The highest BCUT2D eigenvalue weighted by atomic mass is 32.2. The van der Waals surface area contributed by atoms with Crippen LogP contribution in [0, 0.1) is 0 Å². The maximum atomic E-state index is 11.8. The van der Waals surface area contributed by atoms with Gasteiger partial charge in [0.15, 0.2) is 0 Å². The van der Waals surface area contributed by atoms with E-state index in [1.165, 1.54) is 11.9 Å². The minimum absolute atomic E-state index is 0.104. The molecule has 0 bridgehead atoms. The standard InChI is InChI=1S/C13H16N2O3S/c1-17-11-5-4-10(12(8-11)18-2)9-14-13(16)15-6-3-7-19-15/h3-5,7-8H,6,9H2,1-2H3,(H,14,16). The second-order valence-corrected chi connectivity index (χ2v) is 4.80. The molecule has 0 saturated heterocycles. The molecule has 102 valence electrons. The fraction of sp³-hybridized carbons (Fsp3) is 0.308. The summed E-state index contributed by atoms with van der Waals surface area (Å²) in [6.45, 7) is 1.05. The Morgan fingerprint density at radius 1 is 1.42 bits per heavy atom. The van der Waals surface area contributed by atoms with E-state index < -0.39 is 0 Å². The van der Waals surface area contributed by atoms with Crippen LogP contribution in [-0.4, -0.2) is 31.1 Å². The van der Waals surface area contributed by atoms with Crippen LogP contribution in [0.1, 0.15) is 5.56 Å². The molecule has 0 spiro atoms. The number of nitrogens with zero attached hydrogens (tertiary/aromatic N) is 1. The third-order valence-corrected chi connectivity index (χ3v) is 3.59.